The van der Waals surface area contributed by atoms with Gasteiger partial charge in [0.05, 0.1) is 0 Å². The van der Waals surface area contributed by atoms with E-state index in [1.54, 1.807) is 0 Å². The van der Waals surface area contributed by atoms with Crippen LogP contribution < -0.4 is 0 Å². The molecule has 0 N–H and O–H groups in total. The van der Waals surface area contributed by atoms with Crippen molar-refractivity contribution in [2.75, 3.05) is 0 Å². The van der Waals surface area contributed by atoms with Gasteiger partial charge in [0.1, 0.15) is 0 Å². The van der Waals surface area contributed by atoms with Gasteiger partial charge >= 0.3 is 0 Å². The zero-order valence-corrected chi connectivity index (χ0v) is 8.73. The van der Waals surface area contributed by atoms with Crippen LogP contribution in [0.15, 0.2) is 24.0 Å². The largest absolute Gasteiger partial charge is 0.220 e. The molecule has 12 heavy (non-hydrogen) atoms. The number of sulfone groups is 1. The Morgan fingerprint density at radius 2 is 1.42 bits per heavy atom. The van der Waals surface area contributed by atoms with Crippen LogP contribution in [0.3, 0.4) is 0 Å². The minimum atomic E-state index is -3.13. The Balaban J connectivity index is 0. The molecule has 0 rings (SSSR count). The predicted octanol–water partition coefficient (Wildman–Crippen LogP) is 2.88. The summed E-state index contributed by atoms with van der Waals surface area (Å²) in [7, 11) is -3.13. The molecule has 0 aliphatic rings. The van der Waals surface area contributed by atoms with Gasteiger partial charge in [-0.05, 0) is 0 Å². The predicted molar refractivity (Wildman–Crippen MR) is 54.5 cm³/mol. The van der Waals surface area contributed by atoms with Crippen molar-refractivity contribution in [1.29, 1.82) is 0 Å². The zero-order valence-electron chi connectivity index (χ0n) is 7.91. The second-order valence-electron chi connectivity index (χ2n) is 2.28. The first kappa shape index (κ1) is 14.0. The molecule has 0 spiro atoms. The van der Waals surface area contributed by atoms with Crippen molar-refractivity contribution in [3.63, 3.8) is 0 Å². The van der Waals surface area contributed by atoms with Crippen molar-refractivity contribution in [3.05, 3.63) is 24.0 Å². The Morgan fingerprint density at radius 3 is 1.42 bits per heavy atom. The molecule has 0 saturated carbocycles. The molecule has 0 aromatic rings. The minimum Gasteiger partial charge on any atom is -0.220 e. The topological polar surface area (TPSA) is 34.1 Å². The van der Waals surface area contributed by atoms with Gasteiger partial charge in [0, 0.05) is 10.8 Å². The van der Waals surface area contributed by atoms with Crippen LogP contribution in [0.25, 0.3) is 0 Å². The normalized spacial score (nSPS) is 9.50. The van der Waals surface area contributed by atoms with E-state index in [9.17, 15) is 8.42 Å². The highest BCUT2D eigenvalue weighted by molar-refractivity contribution is 7.97. The highest BCUT2D eigenvalue weighted by atomic mass is 32.2. The van der Waals surface area contributed by atoms with Gasteiger partial charge in [0.25, 0.3) is 0 Å². The first-order chi connectivity index (χ1) is 5.54. The summed E-state index contributed by atoms with van der Waals surface area (Å²) < 4.78 is 20.3. The third-order valence-electron chi connectivity index (χ3n) is 1.17. The van der Waals surface area contributed by atoms with Crippen molar-refractivity contribution < 1.29 is 8.42 Å². The summed E-state index contributed by atoms with van der Waals surface area (Å²) in [6.45, 7) is 10.5. The van der Waals surface area contributed by atoms with E-state index in [2.05, 4.69) is 27.0 Å². The molecule has 72 valence electrons. The van der Waals surface area contributed by atoms with Crippen LogP contribution in [0.5, 0.6) is 0 Å². The second kappa shape index (κ2) is 8.53. The van der Waals surface area contributed by atoms with Crippen LogP contribution in [0.4, 0.5) is 0 Å². The van der Waals surface area contributed by atoms with Gasteiger partial charge in [-0.2, -0.15) is 0 Å². The van der Waals surface area contributed by atoms with Crippen LogP contribution in [0.1, 0.15) is 33.1 Å². The van der Waals surface area contributed by atoms with Crippen LogP contribution >= 0.6 is 0 Å². The summed E-state index contributed by atoms with van der Waals surface area (Å²) >= 11 is 0. The molecule has 0 amide bonds. The van der Waals surface area contributed by atoms with Gasteiger partial charge in [-0.3, -0.25) is 0 Å². The fourth-order valence-electron chi connectivity index (χ4n) is 0.422. The lowest BCUT2D eigenvalue weighted by atomic mass is 10.3. The van der Waals surface area contributed by atoms with Crippen LogP contribution in [0, 0.1) is 0 Å². The summed E-state index contributed by atoms with van der Waals surface area (Å²) in [5, 5.41) is 1.69. The molecule has 0 aliphatic heterocycles. The van der Waals surface area contributed by atoms with Crippen LogP contribution in [-0.4, -0.2) is 8.42 Å². The third-order valence-corrected chi connectivity index (χ3v) is 2.10. The molecule has 3 heteroatoms. The standard InChI is InChI=1S/C5H12.C4H6O2S/c1-3-5-4-2;1-3-7(5,6)4-2/h3-5H2,1-2H3;3-4H,1-2H2. The smallest absolute Gasteiger partial charge is 0.191 e. The summed E-state index contributed by atoms with van der Waals surface area (Å²) in [5.74, 6) is 0. The maximum atomic E-state index is 10.1. The molecular formula is C9H18O2S. The molecule has 0 aromatic carbocycles. The van der Waals surface area contributed by atoms with E-state index in [1.165, 1.54) is 19.3 Å². The van der Waals surface area contributed by atoms with Gasteiger partial charge in [0.15, 0.2) is 9.84 Å². The molecule has 0 aromatic heterocycles. The first-order valence-electron chi connectivity index (χ1n) is 4.04. The van der Waals surface area contributed by atoms with Gasteiger partial charge < -0.3 is 0 Å². The van der Waals surface area contributed by atoms with E-state index < -0.39 is 9.84 Å². The second-order valence-corrected chi connectivity index (χ2v) is 4.12. The molecule has 0 aliphatic carbocycles. The van der Waals surface area contributed by atoms with Gasteiger partial charge in [-0.25, -0.2) is 8.42 Å². The monoisotopic (exact) mass is 190 g/mol. The Kier molecular flexibility index (Phi) is 9.93. The van der Waals surface area contributed by atoms with E-state index in [0.29, 0.717) is 0 Å². The fourth-order valence-corrected chi connectivity index (χ4v) is 0.558. The molecule has 0 bridgehead atoms. The van der Waals surface area contributed by atoms with Crippen molar-refractivity contribution in [2.24, 2.45) is 0 Å². The zero-order chi connectivity index (χ0) is 10.0. The van der Waals surface area contributed by atoms with E-state index >= 15 is 0 Å². The van der Waals surface area contributed by atoms with Crippen LogP contribution in [0.2, 0.25) is 0 Å². The van der Waals surface area contributed by atoms with Crippen molar-refractivity contribution in [2.45, 2.75) is 33.1 Å². The Hall–Kier alpha value is -0.570. The van der Waals surface area contributed by atoms with Gasteiger partial charge in [0.2, 0.25) is 0 Å². The van der Waals surface area contributed by atoms with Crippen LogP contribution in [-0.2, 0) is 9.84 Å². The highest BCUT2D eigenvalue weighted by Crippen LogP contribution is 1.88. The van der Waals surface area contributed by atoms with E-state index in [-0.39, 0.29) is 0 Å². The number of unbranched alkanes of at least 4 members (excludes halogenated alkanes) is 2. The highest BCUT2D eigenvalue weighted by Gasteiger charge is 1.90. The van der Waals surface area contributed by atoms with Crippen molar-refractivity contribution >= 4 is 9.84 Å². The molecule has 0 atom stereocenters. The average molecular weight is 190 g/mol. The number of rotatable bonds is 4. The summed E-state index contributed by atoms with van der Waals surface area (Å²) in [6.07, 6.45) is 4.08. The van der Waals surface area contributed by atoms with E-state index in [0.717, 1.165) is 10.8 Å². The summed E-state index contributed by atoms with van der Waals surface area (Å²) in [4.78, 5) is 0. The third kappa shape index (κ3) is 12.1. The molecule has 0 unspecified atom stereocenters. The Morgan fingerprint density at radius 1 is 1.08 bits per heavy atom. The Bertz CT molecular complexity index is 187. The molecule has 0 fully saturated rings. The lowest BCUT2D eigenvalue weighted by Crippen LogP contribution is -1.83. The van der Waals surface area contributed by atoms with E-state index in [4.69, 9.17) is 0 Å². The number of hydrogen-bond acceptors (Lipinski definition) is 2. The molecule has 0 heterocycles. The maximum Gasteiger partial charge on any atom is 0.191 e. The lowest BCUT2D eigenvalue weighted by molar-refractivity contribution is 0.613. The summed E-state index contributed by atoms with van der Waals surface area (Å²) in [5.41, 5.74) is 0. The van der Waals surface area contributed by atoms with Gasteiger partial charge in [-0.15, -0.1) is 0 Å². The van der Waals surface area contributed by atoms with Crippen molar-refractivity contribution in [3.8, 4) is 0 Å². The minimum absolute atomic E-state index is 0.847. The maximum absolute atomic E-state index is 10.1. The SMILES string of the molecule is C=CS(=O)(=O)C=C.CCCCC. The quantitative estimate of drug-likeness (QED) is 0.683. The lowest BCUT2D eigenvalue weighted by Gasteiger charge is -1.79. The molecular weight excluding hydrogens is 172 g/mol. The van der Waals surface area contributed by atoms with E-state index in [1.807, 2.05) is 0 Å². The van der Waals surface area contributed by atoms with Gasteiger partial charge in [-0.1, -0.05) is 46.3 Å². The first-order valence-corrected chi connectivity index (χ1v) is 5.64. The van der Waals surface area contributed by atoms with Crippen molar-refractivity contribution in [1.82, 2.24) is 0 Å². The molecule has 0 saturated heterocycles. The Labute approximate surface area is 75.9 Å². The molecule has 2 nitrogen and oxygen atoms in total. The summed E-state index contributed by atoms with van der Waals surface area (Å²) in [6, 6.07) is 0. The number of hydrogen-bond donors (Lipinski definition) is 0. The molecule has 0 radical (unpaired) electrons. The average Bonchev–Trinajstić information content (AvgIpc) is 2.07. The fraction of sp³-hybridized carbons (Fsp3) is 0.556.